The molecule has 1 aliphatic heterocycles. The molecule has 2 atom stereocenters. The highest BCUT2D eigenvalue weighted by Gasteiger charge is 2.47. The zero-order valence-corrected chi connectivity index (χ0v) is 15.3. The molecule has 0 aromatic heterocycles. The molecule has 0 bridgehead atoms. The SMILES string of the molecule is Cc1cccc(NC(=O)C2C(c3cccc(Cl)c3F)CNC2(C)C)c1. The van der Waals surface area contributed by atoms with Crippen molar-refractivity contribution in [2.24, 2.45) is 5.92 Å². The molecule has 1 heterocycles. The van der Waals surface area contributed by atoms with Gasteiger partial charge >= 0.3 is 0 Å². The predicted molar refractivity (Wildman–Crippen MR) is 99.5 cm³/mol. The number of halogens is 2. The molecular weight excluding hydrogens is 339 g/mol. The van der Waals surface area contributed by atoms with Gasteiger partial charge < -0.3 is 10.6 Å². The minimum atomic E-state index is -0.451. The second-order valence-corrected chi connectivity index (χ2v) is 7.60. The van der Waals surface area contributed by atoms with Crippen molar-refractivity contribution in [3.05, 3.63) is 64.4 Å². The van der Waals surface area contributed by atoms with Gasteiger partial charge in [-0.2, -0.15) is 0 Å². The summed E-state index contributed by atoms with van der Waals surface area (Å²) in [6.07, 6.45) is 0. The van der Waals surface area contributed by atoms with Crippen LogP contribution in [0.4, 0.5) is 10.1 Å². The van der Waals surface area contributed by atoms with Crippen LogP contribution in [0.3, 0.4) is 0 Å². The van der Waals surface area contributed by atoms with Crippen LogP contribution in [0.15, 0.2) is 42.5 Å². The molecule has 0 radical (unpaired) electrons. The molecule has 2 N–H and O–H groups in total. The molecule has 3 rings (SSSR count). The Bertz CT molecular complexity index is 806. The van der Waals surface area contributed by atoms with Crippen molar-refractivity contribution in [1.29, 1.82) is 0 Å². The van der Waals surface area contributed by atoms with E-state index in [1.54, 1.807) is 12.1 Å². The molecule has 1 amide bonds. The molecular formula is C20H22ClFN2O. The van der Waals surface area contributed by atoms with Crippen molar-refractivity contribution in [3.63, 3.8) is 0 Å². The average molecular weight is 361 g/mol. The first-order chi connectivity index (χ1) is 11.8. The van der Waals surface area contributed by atoms with Crippen LogP contribution in [0, 0.1) is 18.7 Å². The van der Waals surface area contributed by atoms with Gasteiger partial charge in [0.05, 0.1) is 10.9 Å². The van der Waals surface area contributed by atoms with Crippen molar-refractivity contribution in [2.75, 3.05) is 11.9 Å². The van der Waals surface area contributed by atoms with Crippen molar-refractivity contribution >= 4 is 23.2 Å². The Hall–Kier alpha value is -1.91. The van der Waals surface area contributed by atoms with Crippen molar-refractivity contribution in [2.45, 2.75) is 32.2 Å². The molecule has 2 aromatic rings. The second kappa shape index (κ2) is 6.77. The van der Waals surface area contributed by atoms with Crippen LogP contribution in [0.1, 0.15) is 30.9 Å². The molecule has 5 heteroatoms. The molecule has 2 aromatic carbocycles. The van der Waals surface area contributed by atoms with Gasteiger partial charge in [-0.25, -0.2) is 4.39 Å². The Balaban J connectivity index is 1.92. The number of rotatable bonds is 3. The van der Waals surface area contributed by atoms with Crippen LogP contribution < -0.4 is 10.6 Å². The fraction of sp³-hybridized carbons (Fsp3) is 0.350. The van der Waals surface area contributed by atoms with Crippen molar-refractivity contribution in [1.82, 2.24) is 5.32 Å². The summed E-state index contributed by atoms with van der Waals surface area (Å²) in [7, 11) is 0. The van der Waals surface area contributed by atoms with E-state index in [0.717, 1.165) is 11.3 Å². The van der Waals surface area contributed by atoms with Gasteiger partial charge in [-0.05, 0) is 50.1 Å². The number of benzene rings is 2. The zero-order chi connectivity index (χ0) is 18.2. The Labute approximate surface area is 152 Å². The first kappa shape index (κ1) is 17.9. The maximum atomic E-state index is 14.5. The highest BCUT2D eigenvalue weighted by Crippen LogP contribution is 2.40. The van der Waals surface area contributed by atoms with E-state index in [1.807, 2.05) is 45.0 Å². The summed E-state index contributed by atoms with van der Waals surface area (Å²) in [5.74, 6) is -1.26. The third kappa shape index (κ3) is 3.55. The van der Waals surface area contributed by atoms with Gasteiger partial charge in [0.1, 0.15) is 5.82 Å². The van der Waals surface area contributed by atoms with Crippen LogP contribution >= 0.6 is 11.6 Å². The monoisotopic (exact) mass is 360 g/mol. The molecule has 2 unspecified atom stereocenters. The van der Waals surface area contributed by atoms with Gasteiger partial charge in [-0.3, -0.25) is 4.79 Å². The molecule has 0 saturated carbocycles. The summed E-state index contributed by atoms with van der Waals surface area (Å²) < 4.78 is 14.5. The van der Waals surface area contributed by atoms with E-state index in [2.05, 4.69) is 10.6 Å². The lowest BCUT2D eigenvalue weighted by Crippen LogP contribution is -2.44. The zero-order valence-electron chi connectivity index (χ0n) is 14.6. The number of aryl methyl sites for hydroxylation is 1. The van der Waals surface area contributed by atoms with Gasteiger partial charge in [0.15, 0.2) is 0 Å². The summed E-state index contributed by atoms with van der Waals surface area (Å²) in [6.45, 7) is 6.43. The van der Waals surface area contributed by atoms with Crippen molar-refractivity contribution < 1.29 is 9.18 Å². The lowest BCUT2D eigenvalue weighted by molar-refractivity contribution is -0.121. The largest absolute Gasteiger partial charge is 0.326 e. The molecule has 3 nitrogen and oxygen atoms in total. The van der Waals surface area contributed by atoms with E-state index in [-0.39, 0.29) is 16.8 Å². The molecule has 132 valence electrons. The summed E-state index contributed by atoms with van der Waals surface area (Å²) in [5.41, 5.74) is 1.85. The van der Waals surface area contributed by atoms with E-state index in [0.29, 0.717) is 12.1 Å². The van der Waals surface area contributed by atoms with Crippen LogP contribution in [-0.4, -0.2) is 18.0 Å². The third-order valence-corrected chi connectivity index (χ3v) is 5.20. The topological polar surface area (TPSA) is 41.1 Å². The third-order valence-electron chi connectivity index (χ3n) is 4.91. The van der Waals surface area contributed by atoms with E-state index in [9.17, 15) is 9.18 Å². The van der Waals surface area contributed by atoms with Gasteiger partial charge in [0, 0.05) is 23.7 Å². The number of nitrogens with one attached hydrogen (secondary N) is 2. The highest BCUT2D eigenvalue weighted by molar-refractivity contribution is 6.30. The Kier molecular flexibility index (Phi) is 4.85. The molecule has 25 heavy (non-hydrogen) atoms. The summed E-state index contributed by atoms with van der Waals surface area (Å²) >= 11 is 5.94. The van der Waals surface area contributed by atoms with Crippen LogP contribution in [0.5, 0.6) is 0 Å². The minimum Gasteiger partial charge on any atom is -0.326 e. The lowest BCUT2D eigenvalue weighted by atomic mass is 9.78. The smallest absolute Gasteiger partial charge is 0.230 e. The number of hydrogen-bond donors (Lipinski definition) is 2. The van der Waals surface area contributed by atoms with Crippen LogP contribution in [0.2, 0.25) is 5.02 Å². The highest BCUT2D eigenvalue weighted by atomic mass is 35.5. The quantitative estimate of drug-likeness (QED) is 0.845. The van der Waals surface area contributed by atoms with Gasteiger partial charge in [0.2, 0.25) is 5.91 Å². The van der Waals surface area contributed by atoms with E-state index in [4.69, 9.17) is 11.6 Å². The average Bonchev–Trinajstić information content (AvgIpc) is 2.85. The summed E-state index contributed by atoms with van der Waals surface area (Å²) in [5, 5.41) is 6.41. The summed E-state index contributed by atoms with van der Waals surface area (Å²) in [6, 6.07) is 12.6. The Morgan fingerprint density at radius 1 is 1.28 bits per heavy atom. The Morgan fingerprint density at radius 3 is 2.72 bits per heavy atom. The Morgan fingerprint density at radius 2 is 2.00 bits per heavy atom. The molecule has 1 aliphatic rings. The van der Waals surface area contributed by atoms with Crippen LogP contribution in [-0.2, 0) is 4.79 Å². The lowest BCUT2D eigenvalue weighted by Gasteiger charge is -2.29. The minimum absolute atomic E-state index is 0.0834. The first-order valence-corrected chi connectivity index (χ1v) is 8.74. The maximum Gasteiger partial charge on any atom is 0.230 e. The fourth-order valence-corrected chi connectivity index (χ4v) is 3.84. The first-order valence-electron chi connectivity index (χ1n) is 8.36. The van der Waals surface area contributed by atoms with E-state index < -0.39 is 17.3 Å². The summed E-state index contributed by atoms with van der Waals surface area (Å²) in [4.78, 5) is 13.0. The number of hydrogen-bond acceptors (Lipinski definition) is 2. The van der Waals surface area contributed by atoms with Crippen molar-refractivity contribution in [3.8, 4) is 0 Å². The number of anilines is 1. The maximum absolute atomic E-state index is 14.5. The van der Waals surface area contributed by atoms with Gasteiger partial charge in [-0.15, -0.1) is 0 Å². The van der Waals surface area contributed by atoms with Gasteiger partial charge in [-0.1, -0.05) is 35.9 Å². The number of carbonyl (C=O) groups excluding carboxylic acids is 1. The fourth-order valence-electron chi connectivity index (χ4n) is 3.65. The number of amides is 1. The molecule has 0 aliphatic carbocycles. The number of carbonyl (C=O) groups is 1. The normalized spacial score (nSPS) is 22.0. The standard InChI is InChI=1S/C20H22ClFN2O/c1-12-6-4-7-13(10-12)24-19(25)17-15(11-23-20(17,2)3)14-8-5-9-16(21)18(14)22/h4-10,15,17,23H,11H2,1-3H3,(H,24,25). The van der Waals surface area contributed by atoms with Gasteiger partial charge in [0.25, 0.3) is 0 Å². The second-order valence-electron chi connectivity index (χ2n) is 7.19. The van der Waals surface area contributed by atoms with E-state index >= 15 is 0 Å². The van der Waals surface area contributed by atoms with Crippen LogP contribution in [0.25, 0.3) is 0 Å². The predicted octanol–water partition coefficient (Wildman–Crippen LogP) is 4.51. The van der Waals surface area contributed by atoms with E-state index in [1.165, 1.54) is 6.07 Å². The molecule has 1 fully saturated rings. The molecule has 0 spiro atoms. The molecule has 1 saturated heterocycles.